The summed E-state index contributed by atoms with van der Waals surface area (Å²) in [5.74, 6) is 0. The molecule has 0 fully saturated rings. The molecule has 2 N–H and O–H groups in total. The molecule has 2 heterocycles. The third kappa shape index (κ3) is 2.84. The topological polar surface area (TPSA) is 43.9 Å². The number of hydrogen-bond donors (Lipinski definition) is 2. The van der Waals surface area contributed by atoms with Crippen LogP contribution in [0.15, 0.2) is 29.3 Å². The van der Waals surface area contributed by atoms with E-state index in [2.05, 4.69) is 61.9 Å². The van der Waals surface area contributed by atoms with Crippen LogP contribution in [0.4, 0.5) is 5.69 Å². The van der Waals surface area contributed by atoms with Crippen molar-refractivity contribution in [3.63, 3.8) is 0 Å². The molecule has 0 radical (unpaired) electrons. The average molecular weight is 293 g/mol. The van der Waals surface area contributed by atoms with Crippen molar-refractivity contribution in [3.8, 4) is 0 Å². The predicted octanol–water partition coefficient (Wildman–Crippen LogP) is 5.12. The molecule has 0 saturated heterocycles. The van der Waals surface area contributed by atoms with Crippen LogP contribution in [-0.4, -0.2) is 16.2 Å². The van der Waals surface area contributed by atoms with E-state index in [-0.39, 0.29) is 0 Å². The van der Waals surface area contributed by atoms with E-state index in [1.54, 1.807) is 0 Å². The summed E-state index contributed by atoms with van der Waals surface area (Å²) in [4.78, 5) is 11.6. The molecule has 0 aliphatic heterocycles. The molecule has 3 aromatic rings. The van der Waals surface area contributed by atoms with Gasteiger partial charge in [0.1, 0.15) is 0 Å². The highest BCUT2D eigenvalue weighted by atomic mass is 14.8. The van der Waals surface area contributed by atoms with Gasteiger partial charge >= 0.3 is 0 Å². The second-order valence-electron chi connectivity index (χ2n) is 6.10. The van der Waals surface area contributed by atoms with Crippen LogP contribution < -0.4 is 0 Å². The van der Waals surface area contributed by atoms with Crippen molar-refractivity contribution in [1.29, 1.82) is 0 Å². The largest absolute Gasteiger partial charge is 0.358 e. The minimum absolute atomic E-state index is 1.00. The Kier molecular flexibility index (Phi) is 3.88. The zero-order valence-electron chi connectivity index (χ0n) is 13.7. The molecule has 0 unspecified atom stereocenters. The van der Waals surface area contributed by atoms with Gasteiger partial charge < -0.3 is 9.97 Å². The van der Waals surface area contributed by atoms with Crippen molar-refractivity contribution >= 4 is 22.8 Å². The summed E-state index contributed by atoms with van der Waals surface area (Å²) in [6.07, 6.45) is 4.15. The monoisotopic (exact) mass is 293 g/mol. The Balaban J connectivity index is 2.03. The molecule has 0 atom stereocenters. The van der Waals surface area contributed by atoms with E-state index in [0.29, 0.717) is 0 Å². The molecule has 0 amide bonds. The van der Waals surface area contributed by atoms with E-state index in [1.165, 1.54) is 27.9 Å². The summed E-state index contributed by atoms with van der Waals surface area (Å²) in [5, 5.41) is 1.25. The van der Waals surface area contributed by atoms with Gasteiger partial charge in [0.2, 0.25) is 0 Å². The minimum atomic E-state index is 1.00. The first-order valence-electron chi connectivity index (χ1n) is 7.89. The number of fused-ring (bicyclic) bond motifs is 1. The van der Waals surface area contributed by atoms with Crippen molar-refractivity contribution in [2.45, 2.75) is 40.5 Å². The number of nitrogens with zero attached hydrogens (tertiary/aromatic N) is 1. The standard InChI is InChI=1S/C19H23N3/c1-5-6-16-10-15-7-12(2)8-17(19(15)22-16)20-11-18-13(3)9-14(4)21-18/h7-11,21-22H,5-6H2,1-4H3. The van der Waals surface area contributed by atoms with Crippen molar-refractivity contribution in [1.82, 2.24) is 9.97 Å². The number of hydrogen-bond acceptors (Lipinski definition) is 1. The molecular formula is C19H23N3. The number of aromatic nitrogens is 2. The van der Waals surface area contributed by atoms with Crippen LogP contribution in [-0.2, 0) is 6.42 Å². The quantitative estimate of drug-likeness (QED) is 0.627. The highest BCUT2D eigenvalue weighted by Crippen LogP contribution is 2.28. The molecule has 0 bridgehead atoms. The first kappa shape index (κ1) is 14.6. The third-order valence-electron chi connectivity index (χ3n) is 3.95. The molecule has 0 aliphatic rings. The van der Waals surface area contributed by atoms with Crippen LogP contribution in [0.3, 0.4) is 0 Å². The lowest BCUT2D eigenvalue weighted by Crippen LogP contribution is -1.85. The van der Waals surface area contributed by atoms with Crippen LogP contribution in [0, 0.1) is 20.8 Å². The number of aryl methyl sites for hydroxylation is 4. The fourth-order valence-corrected chi connectivity index (χ4v) is 2.95. The lowest BCUT2D eigenvalue weighted by atomic mass is 10.1. The Morgan fingerprint density at radius 1 is 1.05 bits per heavy atom. The van der Waals surface area contributed by atoms with Gasteiger partial charge in [-0.2, -0.15) is 0 Å². The van der Waals surface area contributed by atoms with Crippen LogP contribution in [0.1, 0.15) is 41.6 Å². The Labute approximate surface area is 131 Å². The lowest BCUT2D eigenvalue weighted by Gasteiger charge is -2.00. The first-order valence-corrected chi connectivity index (χ1v) is 7.89. The SMILES string of the molecule is CCCc1cc2cc(C)cc(N=Cc3[nH]c(C)cc3C)c2[nH]1. The number of nitrogens with one attached hydrogen (secondary N) is 2. The maximum Gasteiger partial charge on any atom is 0.0874 e. The molecule has 0 aliphatic carbocycles. The molecule has 0 saturated carbocycles. The van der Waals surface area contributed by atoms with Gasteiger partial charge in [-0.25, -0.2) is 0 Å². The normalized spacial score (nSPS) is 11.8. The smallest absolute Gasteiger partial charge is 0.0874 e. The molecule has 0 spiro atoms. The summed E-state index contributed by atoms with van der Waals surface area (Å²) in [7, 11) is 0. The van der Waals surface area contributed by atoms with Crippen molar-refractivity contribution in [3.05, 3.63) is 52.5 Å². The van der Waals surface area contributed by atoms with Crippen molar-refractivity contribution in [2.24, 2.45) is 4.99 Å². The Morgan fingerprint density at radius 3 is 2.55 bits per heavy atom. The fraction of sp³-hybridized carbons (Fsp3) is 0.316. The maximum atomic E-state index is 4.73. The molecule has 3 rings (SSSR count). The van der Waals surface area contributed by atoms with Crippen LogP contribution in [0.25, 0.3) is 10.9 Å². The van der Waals surface area contributed by atoms with Gasteiger partial charge in [0.25, 0.3) is 0 Å². The summed E-state index contributed by atoms with van der Waals surface area (Å²) < 4.78 is 0. The van der Waals surface area contributed by atoms with E-state index >= 15 is 0 Å². The summed E-state index contributed by atoms with van der Waals surface area (Å²) in [6.45, 7) is 8.49. The Hall–Kier alpha value is -2.29. The van der Waals surface area contributed by atoms with Crippen LogP contribution in [0.2, 0.25) is 0 Å². The highest BCUT2D eigenvalue weighted by molar-refractivity contribution is 5.94. The summed E-state index contributed by atoms with van der Waals surface area (Å²) >= 11 is 0. The molecule has 114 valence electrons. The summed E-state index contributed by atoms with van der Waals surface area (Å²) in [6, 6.07) is 8.74. The number of aliphatic imine (C=N–C) groups is 1. The molecule has 3 heteroatoms. The van der Waals surface area contributed by atoms with Gasteiger partial charge in [-0.1, -0.05) is 13.3 Å². The maximum absolute atomic E-state index is 4.73. The van der Waals surface area contributed by atoms with E-state index in [9.17, 15) is 0 Å². The lowest BCUT2D eigenvalue weighted by molar-refractivity contribution is 0.896. The molecule has 3 nitrogen and oxygen atoms in total. The Bertz CT molecular complexity index is 834. The fourth-order valence-electron chi connectivity index (χ4n) is 2.95. The number of rotatable bonds is 4. The van der Waals surface area contributed by atoms with E-state index < -0.39 is 0 Å². The van der Waals surface area contributed by atoms with Gasteiger partial charge in [0.05, 0.1) is 23.1 Å². The van der Waals surface area contributed by atoms with Gasteiger partial charge in [-0.05, 0) is 62.6 Å². The highest BCUT2D eigenvalue weighted by Gasteiger charge is 2.06. The predicted molar refractivity (Wildman–Crippen MR) is 94.6 cm³/mol. The Morgan fingerprint density at radius 2 is 1.86 bits per heavy atom. The minimum Gasteiger partial charge on any atom is -0.358 e. The van der Waals surface area contributed by atoms with Gasteiger partial charge in [0, 0.05) is 16.8 Å². The molecule has 1 aromatic carbocycles. The zero-order valence-corrected chi connectivity index (χ0v) is 13.7. The van der Waals surface area contributed by atoms with Gasteiger partial charge in [-0.3, -0.25) is 4.99 Å². The molecular weight excluding hydrogens is 270 g/mol. The first-order chi connectivity index (χ1) is 10.6. The van der Waals surface area contributed by atoms with Crippen molar-refractivity contribution in [2.75, 3.05) is 0 Å². The van der Waals surface area contributed by atoms with E-state index in [4.69, 9.17) is 4.99 Å². The molecule has 2 aromatic heterocycles. The third-order valence-corrected chi connectivity index (χ3v) is 3.95. The number of H-pyrrole nitrogens is 2. The number of benzene rings is 1. The van der Waals surface area contributed by atoms with Gasteiger partial charge in [-0.15, -0.1) is 0 Å². The zero-order chi connectivity index (χ0) is 15.7. The second-order valence-corrected chi connectivity index (χ2v) is 6.10. The molecule has 22 heavy (non-hydrogen) atoms. The summed E-state index contributed by atoms with van der Waals surface area (Å²) in [5.41, 5.74) is 8.12. The second kappa shape index (κ2) is 5.84. The van der Waals surface area contributed by atoms with E-state index in [1.807, 2.05) is 6.21 Å². The van der Waals surface area contributed by atoms with Crippen molar-refractivity contribution < 1.29 is 0 Å². The average Bonchev–Trinajstić information content (AvgIpc) is 2.99. The van der Waals surface area contributed by atoms with Gasteiger partial charge in [0.15, 0.2) is 0 Å². The van der Waals surface area contributed by atoms with E-state index in [0.717, 1.165) is 29.7 Å². The van der Waals surface area contributed by atoms with Crippen LogP contribution >= 0.6 is 0 Å². The number of aromatic amines is 2. The van der Waals surface area contributed by atoms with Crippen LogP contribution in [0.5, 0.6) is 0 Å².